The van der Waals surface area contributed by atoms with Gasteiger partial charge in [0.2, 0.25) is 5.91 Å². The molecule has 1 heterocycles. The molecule has 0 N–H and O–H groups in total. The Balaban J connectivity index is 1.80. The van der Waals surface area contributed by atoms with Crippen molar-refractivity contribution >= 4 is 5.91 Å². The lowest BCUT2D eigenvalue weighted by molar-refractivity contribution is -0.140. The van der Waals surface area contributed by atoms with E-state index in [9.17, 15) is 9.18 Å². The minimum absolute atomic E-state index is 0.188. The molecule has 1 amide bonds. The van der Waals surface area contributed by atoms with Gasteiger partial charge in [-0.3, -0.25) is 4.79 Å². The van der Waals surface area contributed by atoms with E-state index in [1.54, 1.807) is 4.90 Å². The first-order valence-corrected chi connectivity index (χ1v) is 5.02. The molecule has 0 aromatic carbocycles. The van der Waals surface area contributed by atoms with Crippen LogP contribution in [-0.2, 0) is 4.79 Å². The second kappa shape index (κ2) is 2.96. The Bertz CT molecular complexity index is 223. The Morgan fingerprint density at radius 2 is 2.08 bits per heavy atom. The van der Waals surface area contributed by atoms with Crippen molar-refractivity contribution in [2.45, 2.75) is 26.4 Å². The molecule has 2 fully saturated rings. The molecular weight excluding hydrogens is 169 g/mol. The molecule has 74 valence electrons. The maximum atomic E-state index is 12.5. The largest absolute Gasteiger partial charge is 0.336 e. The minimum atomic E-state index is -0.764. The summed E-state index contributed by atoms with van der Waals surface area (Å²) in [5, 5.41) is 0. The van der Waals surface area contributed by atoms with Crippen molar-refractivity contribution in [3.05, 3.63) is 0 Å². The maximum absolute atomic E-state index is 12.5. The van der Waals surface area contributed by atoms with Crippen LogP contribution in [0.1, 0.15) is 20.3 Å². The zero-order chi connectivity index (χ0) is 9.59. The summed E-state index contributed by atoms with van der Waals surface area (Å²) in [5.74, 6) is 1.56. The molecule has 1 aliphatic heterocycles. The van der Waals surface area contributed by atoms with Gasteiger partial charge in [-0.2, -0.15) is 0 Å². The summed E-state index contributed by atoms with van der Waals surface area (Å²) in [6, 6.07) is 0. The van der Waals surface area contributed by atoms with Crippen molar-refractivity contribution in [2.24, 2.45) is 17.8 Å². The Morgan fingerprint density at radius 3 is 2.46 bits per heavy atom. The molecular formula is C10H16FNO. The molecule has 2 rings (SSSR count). The van der Waals surface area contributed by atoms with Crippen molar-refractivity contribution in [1.82, 2.24) is 4.90 Å². The monoisotopic (exact) mass is 185 g/mol. The third-order valence-electron chi connectivity index (χ3n) is 3.16. The lowest BCUT2D eigenvalue weighted by Gasteiger charge is -2.34. The van der Waals surface area contributed by atoms with Crippen molar-refractivity contribution in [3.63, 3.8) is 0 Å². The number of likely N-dealkylation sites (tertiary alicyclic amines) is 1. The molecule has 3 heteroatoms. The van der Waals surface area contributed by atoms with Gasteiger partial charge < -0.3 is 4.90 Å². The molecule has 1 saturated heterocycles. The molecule has 2 unspecified atom stereocenters. The summed E-state index contributed by atoms with van der Waals surface area (Å²) in [6.07, 6.45) is 0.254. The molecule has 0 radical (unpaired) electrons. The van der Waals surface area contributed by atoms with E-state index in [-0.39, 0.29) is 11.8 Å². The van der Waals surface area contributed by atoms with Gasteiger partial charge >= 0.3 is 0 Å². The average Bonchev–Trinajstić information content (AvgIpc) is 2.76. The van der Waals surface area contributed by atoms with Crippen LogP contribution in [0.2, 0.25) is 0 Å². The molecule has 2 aliphatic rings. The van der Waals surface area contributed by atoms with Gasteiger partial charge in [0.05, 0.1) is 13.1 Å². The Hall–Kier alpha value is -0.600. The smallest absolute Gasteiger partial charge is 0.226 e. The number of hydrogen-bond acceptors (Lipinski definition) is 1. The molecule has 0 aromatic heterocycles. The maximum Gasteiger partial charge on any atom is 0.226 e. The normalized spacial score (nSPS) is 33.4. The van der Waals surface area contributed by atoms with Crippen LogP contribution in [0.15, 0.2) is 0 Å². The number of carbonyl (C=O) groups is 1. The highest BCUT2D eigenvalue weighted by Crippen LogP contribution is 2.45. The van der Waals surface area contributed by atoms with Gasteiger partial charge in [0.25, 0.3) is 0 Å². The topological polar surface area (TPSA) is 20.3 Å². The standard InChI is InChI=1S/C10H16FNO/c1-6(2)8-3-9(8)10(13)12-4-7(11)5-12/h6-9H,3-5H2,1-2H3. The van der Waals surface area contributed by atoms with Gasteiger partial charge in [-0.05, 0) is 18.3 Å². The van der Waals surface area contributed by atoms with E-state index in [1.165, 1.54) is 0 Å². The van der Waals surface area contributed by atoms with Crippen LogP contribution >= 0.6 is 0 Å². The fraction of sp³-hybridized carbons (Fsp3) is 0.900. The van der Waals surface area contributed by atoms with E-state index in [2.05, 4.69) is 13.8 Å². The van der Waals surface area contributed by atoms with Crippen LogP contribution in [0.5, 0.6) is 0 Å². The highest BCUT2D eigenvalue weighted by atomic mass is 19.1. The van der Waals surface area contributed by atoms with Crippen LogP contribution in [0, 0.1) is 17.8 Å². The molecule has 1 saturated carbocycles. The second-order valence-electron chi connectivity index (χ2n) is 4.59. The molecule has 1 aliphatic carbocycles. The van der Waals surface area contributed by atoms with Gasteiger partial charge in [0.15, 0.2) is 0 Å². The highest BCUT2D eigenvalue weighted by Gasteiger charge is 2.48. The zero-order valence-corrected chi connectivity index (χ0v) is 8.16. The van der Waals surface area contributed by atoms with E-state index in [0.717, 1.165) is 6.42 Å². The summed E-state index contributed by atoms with van der Waals surface area (Å²) < 4.78 is 12.5. The summed E-state index contributed by atoms with van der Waals surface area (Å²) in [5.41, 5.74) is 0. The van der Waals surface area contributed by atoms with Crippen LogP contribution in [-0.4, -0.2) is 30.1 Å². The Labute approximate surface area is 78.1 Å². The first kappa shape index (κ1) is 8.97. The van der Waals surface area contributed by atoms with Gasteiger partial charge in [0.1, 0.15) is 6.17 Å². The molecule has 0 aromatic rings. The van der Waals surface area contributed by atoms with Gasteiger partial charge in [-0.1, -0.05) is 13.8 Å². The van der Waals surface area contributed by atoms with E-state index in [4.69, 9.17) is 0 Å². The van der Waals surface area contributed by atoms with Crippen LogP contribution in [0.25, 0.3) is 0 Å². The number of nitrogens with zero attached hydrogens (tertiary/aromatic N) is 1. The molecule has 0 bridgehead atoms. The molecule has 2 atom stereocenters. The minimum Gasteiger partial charge on any atom is -0.336 e. The first-order valence-electron chi connectivity index (χ1n) is 5.02. The third-order valence-corrected chi connectivity index (χ3v) is 3.16. The van der Waals surface area contributed by atoms with E-state index in [1.807, 2.05) is 0 Å². The van der Waals surface area contributed by atoms with Crippen molar-refractivity contribution in [2.75, 3.05) is 13.1 Å². The quantitative estimate of drug-likeness (QED) is 0.637. The molecule has 0 spiro atoms. The molecule has 13 heavy (non-hydrogen) atoms. The van der Waals surface area contributed by atoms with Crippen LogP contribution < -0.4 is 0 Å². The number of amides is 1. The predicted molar refractivity (Wildman–Crippen MR) is 47.9 cm³/mol. The van der Waals surface area contributed by atoms with Gasteiger partial charge in [-0.15, -0.1) is 0 Å². The zero-order valence-electron chi connectivity index (χ0n) is 8.16. The van der Waals surface area contributed by atoms with Gasteiger partial charge in [-0.25, -0.2) is 4.39 Å². The van der Waals surface area contributed by atoms with Crippen molar-refractivity contribution in [3.8, 4) is 0 Å². The Morgan fingerprint density at radius 1 is 1.46 bits per heavy atom. The van der Waals surface area contributed by atoms with E-state index in [0.29, 0.717) is 24.9 Å². The van der Waals surface area contributed by atoms with Crippen LogP contribution in [0.4, 0.5) is 4.39 Å². The number of hydrogen-bond donors (Lipinski definition) is 0. The molecule has 2 nitrogen and oxygen atoms in total. The van der Waals surface area contributed by atoms with E-state index >= 15 is 0 Å². The lowest BCUT2D eigenvalue weighted by Crippen LogP contribution is -2.52. The number of carbonyl (C=O) groups excluding carboxylic acids is 1. The average molecular weight is 185 g/mol. The fourth-order valence-corrected chi connectivity index (χ4v) is 2.07. The SMILES string of the molecule is CC(C)C1CC1C(=O)N1CC(F)C1. The first-order chi connectivity index (χ1) is 6.09. The summed E-state index contributed by atoms with van der Waals surface area (Å²) in [6.45, 7) is 4.96. The van der Waals surface area contributed by atoms with Crippen molar-refractivity contribution < 1.29 is 9.18 Å². The van der Waals surface area contributed by atoms with Crippen LogP contribution in [0.3, 0.4) is 0 Å². The number of halogens is 1. The number of alkyl halides is 1. The second-order valence-corrected chi connectivity index (χ2v) is 4.59. The Kier molecular flexibility index (Phi) is 2.05. The summed E-state index contributed by atoms with van der Waals surface area (Å²) in [7, 11) is 0. The van der Waals surface area contributed by atoms with E-state index < -0.39 is 6.17 Å². The third kappa shape index (κ3) is 1.56. The van der Waals surface area contributed by atoms with Gasteiger partial charge in [0, 0.05) is 5.92 Å². The summed E-state index contributed by atoms with van der Waals surface area (Å²) in [4.78, 5) is 13.3. The fourth-order valence-electron chi connectivity index (χ4n) is 2.07. The summed E-state index contributed by atoms with van der Waals surface area (Å²) >= 11 is 0. The predicted octanol–water partition coefficient (Wildman–Crippen LogP) is 1.46. The lowest BCUT2D eigenvalue weighted by atomic mass is 10.1. The van der Waals surface area contributed by atoms with Crippen molar-refractivity contribution in [1.29, 1.82) is 0 Å². The highest BCUT2D eigenvalue weighted by molar-refractivity contribution is 5.82. The number of rotatable bonds is 2.